The molecule has 3 nitrogen and oxygen atoms in total. The lowest BCUT2D eigenvalue weighted by molar-refractivity contribution is -0.131. The van der Waals surface area contributed by atoms with Crippen LogP contribution in [0.3, 0.4) is 0 Å². The number of nitrogens with one attached hydrogen (secondary N) is 1. The van der Waals surface area contributed by atoms with Crippen molar-refractivity contribution in [2.75, 3.05) is 13.6 Å². The monoisotopic (exact) mass is 356 g/mol. The number of carbonyl (C=O) groups excluding carboxylic acids is 1. The number of amides is 1. The Morgan fingerprint density at radius 1 is 1.12 bits per heavy atom. The molecule has 4 rings (SSSR count). The van der Waals surface area contributed by atoms with Gasteiger partial charge in [0.2, 0.25) is 5.91 Å². The van der Waals surface area contributed by atoms with E-state index >= 15 is 0 Å². The highest BCUT2D eigenvalue weighted by molar-refractivity contribution is 5.88. The van der Waals surface area contributed by atoms with E-state index in [9.17, 15) is 4.79 Å². The zero-order chi connectivity index (χ0) is 16.7. The van der Waals surface area contributed by atoms with Crippen molar-refractivity contribution in [1.29, 1.82) is 0 Å². The van der Waals surface area contributed by atoms with Gasteiger partial charge in [-0.2, -0.15) is 0 Å². The largest absolute Gasteiger partial charge is 0.344 e. The van der Waals surface area contributed by atoms with Gasteiger partial charge in [-0.25, -0.2) is 0 Å². The number of benzene rings is 2. The summed E-state index contributed by atoms with van der Waals surface area (Å²) < 4.78 is 0. The Hall–Kier alpha value is -1.84. The van der Waals surface area contributed by atoms with E-state index in [0.717, 1.165) is 25.8 Å². The van der Waals surface area contributed by atoms with Gasteiger partial charge in [-0.15, -0.1) is 12.4 Å². The van der Waals surface area contributed by atoms with E-state index in [1.807, 2.05) is 11.9 Å². The van der Waals surface area contributed by atoms with Gasteiger partial charge in [-0.3, -0.25) is 10.1 Å². The van der Waals surface area contributed by atoms with Gasteiger partial charge in [-0.05, 0) is 54.5 Å². The number of hydrogen-bond donors (Lipinski definition) is 1. The molecular weight excluding hydrogens is 332 g/mol. The zero-order valence-electron chi connectivity index (χ0n) is 14.8. The minimum absolute atomic E-state index is 0. The average Bonchev–Trinajstić information content (AvgIpc) is 3.16. The molecule has 1 spiro atoms. The summed E-state index contributed by atoms with van der Waals surface area (Å²) in [5, 5.41) is 3.66. The topological polar surface area (TPSA) is 32.3 Å². The van der Waals surface area contributed by atoms with E-state index in [4.69, 9.17) is 0 Å². The van der Waals surface area contributed by atoms with Crippen LogP contribution < -0.4 is 5.32 Å². The van der Waals surface area contributed by atoms with Gasteiger partial charge in [0, 0.05) is 19.6 Å². The lowest BCUT2D eigenvalue weighted by atomic mass is 9.95. The molecule has 1 N–H and O–H groups in total. The zero-order valence-corrected chi connectivity index (χ0v) is 15.6. The van der Waals surface area contributed by atoms with Gasteiger partial charge in [0.05, 0.1) is 0 Å². The van der Waals surface area contributed by atoms with E-state index in [2.05, 4.69) is 60.8 Å². The highest BCUT2D eigenvalue weighted by Crippen LogP contribution is 2.39. The first-order chi connectivity index (χ1) is 11.6. The number of hydrogen-bond acceptors (Lipinski definition) is 2. The molecule has 0 bridgehead atoms. The maximum Gasteiger partial charge on any atom is 0.242 e. The van der Waals surface area contributed by atoms with Gasteiger partial charge in [-0.1, -0.05) is 42.5 Å². The standard InChI is InChI=1S/C21H24N2O.ClH/c1-15-6-3-4-9-18(15)16-7-5-8-17(14-16)19-10-11-21(22-19)12-13-23(2)20(21)24;/h3-9,14,19,22H,10-13H2,1-2H3;1H/t19-,21+;/m0./s1. The van der Waals surface area contributed by atoms with Crippen LogP contribution in [0.1, 0.15) is 36.4 Å². The van der Waals surface area contributed by atoms with Gasteiger partial charge >= 0.3 is 0 Å². The smallest absolute Gasteiger partial charge is 0.242 e. The molecule has 2 aromatic carbocycles. The fraction of sp³-hybridized carbons (Fsp3) is 0.381. The van der Waals surface area contributed by atoms with Crippen molar-refractivity contribution < 1.29 is 4.79 Å². The van der Waals surface area contributed by atoms with Crippen molar-refractivity contribution in [3.8, 4) is 11.1 Å². The third-order valence-corrected chi connectivity index (χ3v) is 5.69. The second kappa shape index (κ2) is 6.81. The molecule has 4 heteroatoms. The number of aryl methyl sites for hydroxylation is 1. The lowest BCUT2D eigenvalue weighted by Crippen LogP contribution is -2.47. The highest BCUT2D eigenvalue weighted by atomic mass is 35.5. The molecule has 0 aliphatic carbocycles. The Balaban J connectivity index is 0.00000182. The molecule has 2 aliphatic heterocycles. The fourth-order valence-corrected chi connectivity index (χ4v) is 4.24. The van der Waals surface area contributed by atoms with E-state index in [1.54, 1.807) is 0 Å². The second-order valence-corrected chi connectivity index (χ2v) is 7.23. The van der Waals surface area contributed by atoms with E-state index in [1.165, 1.54) is 22.3 Å². The van der Waals surface area contributed by atoms with Crippen LogP contribution in [0.2, 0.25) is 0 Å². The van der Waals surface area contributed by atoms with E-state index in [-0.39, 0.29) is 29.9 Å². The lowest BCUT2D eigenvalue weighted by Gasteiger charge is -2.23. The number of likely N-dealkylation sites (N-methyl/N-ethyl adjacent to an activating group) is 1. The highest BCUT2D eigenvalue weighted by Gasteiger charge is 2.49. The van der Waals surface area contributed by atoms with Crippen molar-refractivity contribution >= 4 is 18.3 Å². The molecule has 0 saturated carbocycles. The molecule has 2 fully saturated rings. The van der Waals surface area contributed by atoms with Crippen molar-refractivity contribution in [2.45, 2.75) is 37.8 Å². The van der Waals surface area contributed by atoms with Gasteiger partial charge in [0.15, 0.2) is 0 Å². The Bertz CT molecular complexity index is 791. The van der Waals surface area contributed by atoms with Crippen LogP contribution in [0.4, 0.5) is 0 Å². The van der Waals surface area contributed by atoms with Crippen LogP contribution in [-0.4, -0.2) is 29.9 Å². The Morgan fingerprint density at radius 2 is 1.92 bits per heavy atom. The maximum absolute atomic E-state index is 12.5. The predicted molar refractivity (Wildman–Crippen MR) is 104 cm³/mol. The van der Waals surface area contributed by atoms with Crippen molar-refractivity contribution in [3.05, 3.63) is 59.7 Å². The molecular formula is C21H25ClN2O. The number of rotatable bonds is 2. The Labute approximate surface area is 155 Å². The number of likely N-dealkylation sites (tertiary alicyclic amines) is 1. The summed E-state index contributed by atoms with van der Waals surface area (Å²) in [5.74, 6) is 0.264. The van der Waals surface area contributed by atoms with Crippen LogP contribution in [0.25, 0.3) is 11.1 Å². The summed E-state index contributed by atoms with van der Waals surface area (Å²) >= 11 is 0. The summed E-state index contributed by atoms with van der Waals surface area (Å²) in [7, 11) is 1.91. The van der Waals surface area contributed by atoms with Gasteiger partial charge in [0.25, 0.3) is 0 Å². The maximum atomic E-state index is 12.5. The van der Waals surface area contributed by atoms with Gasteiger partial charge < -0.3 is 4.90 Å². The van der Waals surface area contributed by atoms with Crippen LogP contribution in [0.15, 0.2) is 48.5 Å². The Kier molecular flexibility index (Phi) is 4.90. The predicted octanol–water partition coefficient (Wildman–Crippen LogP) is 4.11. The molecule has 0 radical (unpaired) electrons. The minimum atomic E-state index is -0.321. The normalized spacial score (nSPS) is 25.4. The quantitative estimate of drug-likeness (QED) is 0.878. The minimum Gasteiger partial charge on any atom is -0.344 e. The summed E-state index contributed by atoms with van der Waals surface area (Å²) in [6, 6.07) is 17.5. The van der Waals surface area contributed by atoms with Crippen molar-refractivity contribution in [2.24, 2.45) is 0 Å². The number of carbonyl (C=O) groups is 1. The summed E-state index contributed by atoms with van der Waals surface area (Å²) in [6.45, 7) is 3.01. The van der Waals surface area contributed by atoms with E-state index < -0.39 is 0 Å². The van der Waals surface area contributed by atoms with Crippen molar-refractivity contribution in [1.82, 2.24) is 10.2 Å². The fourth-order valence-electron chi connectivity index (χ4n) is 4.24. The van der Waals surface area contributed by atoms with Crippen LogP contribution in [-0.2, 0) is 4.79 Å². The molecule has 2 aliphatic rings. The summed E-state index contributed by atoms with van der Waals surface area (Å²) in [4.78, 5) is 14.4. The third kappa shape index (κ3) is 3.07. The number of nitrogens with zero attached hydrogens (tertiary/aromatic N) is 1. The second-order valence-electron chi connectivity index (χ2n) is 7.23. The molecule has 25 heavy (non-hydrogen) atoms. The Morgan fingerprint density at radius 3 is 2.64 bits per heavy atom. The molecule has 2 heterocycles. The van der Waals surface area contributed by atoms with Crippen LogP contribution in [0, 0.1) is 6.92 Å². The molecule has 1 amide bonds. The molecule has 2 atom stereocenters. The first-order valence-corrected chi connectivity index (χ1v) is 8.78. The van der Waals surface area contributed by atoms with Crippen LogP contribution in [0.5, 0.6) is 0 Å². The summed E-state index contributed by atoms with van der Waals surface area (Å²) in [6.07, 6.45) is 2.89. The molecule has 2 saturated heterocycles. The SMILES string of the molecule is Cc1ccccc1-c1cccc([C@@H]2CC[C@]3(CCN(C)C3=O)N2)c1.Cl. The van der Waals surface area contributed by atoms with Crippen LogP contribution >= 0.6 is 12.4 Å². The van der Waals surface area contributed by atoms with E-state index in [0.29, 0.717) is 0 Å². The molecule has 0 unspecified atom stereocenters. The summed E-state index contributed by atoms with van der Waals surface area (Å²) in [5.41, 5.74) is 4.79. The van der Waals surface area contributed by atoms with Gasteiger partial charge in [0.1, 0.15) is 5.54 Å². The average molecular weight is 357 g/mol. The first-order valence-electron chi connectivity index (χ1n) is 8.78. The third-order valence-electron chi connectivity index (χ3n) is 5.69. The molecule has 2 aromatic rings. The van der Waals surface area contributed by atoms with Crippen molar-refractivity contribution in [3.63, 3.8) is 0 Å². The molecule has 0 aromatic heterocycles. The molecule has 132 valence electrons. The number of halogens is 1. The first kappa shape index (κ1) is 18.0.